The normalized spacial score (nSPS) is 18.0. The van der Waals surface area contributed by atoms with Crippen LogP contribution in [0.15, 0.2) is 36.9 Å². The molecule has 0 spiro atoms. The third-order valence-electron chi connectivity index (χ3n) is 3.31. The molecule has 1 aromatic rings. The molecule has 0 radical (unpaired) electrons. The van der Waals surface area contributed by atoms with Crippen molar-refractivity contribution in [2.75, 3.05) is 13.1 Å². The molecule has 1 fully saturated rings. The van der Waals surface area contributed by atoms with E-state index < -0.39 is 11.7 Å². The lowest BCUT2D eigenvalue weighted by atomic mass is 10.1. The van der Waals surface area contributed by atoms with Gasteiger partial charge in [-0.1, -0.05) is 18.4 Å². The highest BCUT2D eigenvalue weighted by molar-refractivity contribution is 5.87. The number of nitrogens with zero attached hydrogens (tertiary/aromatic N) is 1. The Morgan fingerprint density at radius 1 is 1.33 bits per heavy atom. The van der Waals surface area contributed by atoms with Crippen molar-refractivity contribution >= 4 is 5.91 Å². The van der Waals surface area contributed by atoms with Crippen LogP contribution in [0.3, 0.4) is 0 Å². The summed E-state index contributed by atoms with van der Waals surface area (Å²) in [5.41, 5.74) is -0.145. The fourth-order valence-corrected chi connectivity index (χ4v) is 2.14. The number of carbonyl (C=O) groups is 1. The molecule has 1 atom stereocenters. The van der Waals surface area contributed by atoms with E-state index in [0.717, 1.165) is 18.6 Å². The molecule has 1 heterocycles. The largest absolute Gasteiger partial charge is 0.416 e. The van der Waals surface area contributed by atoms with Crippen LogP contribution in [-0.2, 0) is 11.0 Å². The molecule has 1 aromatic carbocycles. The Morgan fingerprint density at radius 2 is 2.00 bits per heavy atom. The Balaban J connectivity index is 2.00. The third kappa shape index (κ3) is 3.88. The van der Waals surface area contributed by atoms with Gasteiger partial charge in [0.2, 0.25) is 5.91 Å². The molecule has 1 aliphatic rings. The van der Waals surface area contributed by atoms with E-state index in [1.54, 1.807) is 4.90 Å². The standard InChI is InChI=1S/C16H14F3NO/c1-2-15(21)20-10-9-13(11-20)4-3-12-5-7-14(8-6-12)16(17,18)19/h2,5-8,13H,1,9-11H2. The molecule has 1 unspecified atom stereocenters. The number of hydrogen-bond donors (Lipinski definition) is 0. The van der Waals surface area contributed by atoms with Crippen molar-refractivity contribution in [1.82, 2.24) is 4.90 Å². The van der Waals surface area contributed by atoms with Crippen LogP contribution >= 0.6 is 0 Å². The van der Waals surface area contributed by atoms with E-state index in [9.17, 15) is 18.0 Å². The molecule has 2 rings (SSSR count). The summed E-state index contributed by atoms with van der Waals surface area (Å²) in [6.07, 6.45) is -2.29. The Hall–Kier alpha value is -2.22. The van der Waals surface area contributed by atoms with Crippen molar-refractivity contribution in [3.63, 3.8) is 0 Å². The molecule has 0 aliphatic carbocycles. The molecular formula is C16H14F3NO. The number of likely N-dealkylation sites (tertiary alicyclic amines) is 1. The predicted octanol–water partition coefficient (Wildman–Crippen LogP) is 3.09. The zero-order valence-electron chi connectivity index (χ0n) is 11.3. The Bertz CT molecular complexity index is 593. The Morgan fingerprint density at radius 3 is 2.57 bits per heavy atom. The number of benzene rings is 1. The first kappa shape index (κ1) is 15.2. The van der Waals surface area contributed by atoms with E-state index >= 15 is 0 Å². The van der Waals surface area contributed by atoms with Crippen LogP contribution in [0, 0.1) is 17.8 Å². The predicted molar refractivity (Wildman–Crippen MR) is 73.2 cm³/mol. The van der Waals surface area contributed by atoms with Crippen LogP contribution in [-0.4, -0.2) is 23.9 Å². The van der Waals surface area contributed by atoms with Crippen LogP contribution in [0.25, 0.3) is 0 Å². The maximum absolute atomic E-state index is 12.4. The van der Waals surface area contributed by atoms with Crippen LogP contribution in [0.4, 0.5) is 13.2 Å². The zero-order valence-corrected chi connectivity index (χ0v) is 11.3. The molecule has 0 aromatic heterocycles. The Kier molecular flexibility index (Phi) is 4.37. The fourth-order valence-electron chi connectivity index (χ4n) is 2.14. The van der Waals surface area contributed by atoms with E-state index in [0.29, 0.717) is 18.7 Å². The van der Waals surface area contributed by atoms with E-state index in [1.165, 1.54) is 18.2 Å². The van der Waals surface area contributed by atoms with Gasteiger partial charge in [0, 0.05) is 24.6 Å². The molecule has 0 N–H and O–H groups in total. The van der Waals surface area contributed by atoms with Gasteiger partial charge < -0.3 is 4.90 Å². The van der Waals surface area contributed by atoms with Gasteiger partial charge in [-0.3, -0.25) is 4.79 Å². The second-order valence-corrected chi connectivity index (χ2v) is 4.82. The van der Waals surface area contributed by atoms with Crippen LogP contribution < -0.4 is 0 Å². The first-order valence-corrected chi connectivity index (χ1v) is 6.50. The van der Waals surface area contributed by atoms with Gasteiger partial charge in [0.15, 0.2) is 0 Å². The van der Waals surface area contributed by atoms with E-state index in [2.05, 4.69) is 18.4 Å². The summed E-state index contributed by atoms with van der Waals surface area (Å²) in [7, 11) is 0. The summed E-state index contributed by atoms with van der Waals surface area (Å²) in [6, 6.07) is 4.76. The molecule has 1 amide bonds. The lowest BCUT2D eigenvalue weighted by molar-refractivity contribution is -0.137. The minimum atomic E-state index is -4.33. The van der Waals surface area contributed by atoms with Crippen LogP contribution in [0.2, 0.25) is 0 Å². The first-order valence-electron chi connectivity index (χ1n) is 6.50. The molecule has 1 aliphatic heterocycles. The van der Waals surface area contributed by atoms with Gasteiger partial charge in [-0.05, 0) is 36.8 Å². The maximum atomic E-state index is 12.4. The first-order chi connectivity index (χ1) is 9.90. The molecule has 0 bridgehead atoms. The van der Waals surface area contributed by atoms with Gasteiger partial charge >= 0.3 is 6.18 Å². The fraction of sp³-hybridized carbons (Fsp3) is 0.312. The summed E-state index contributed by atoms with van der Waals surface area (Å²) in [5.74, 6) is 5.80. The molecular weight excluding hydrogens is 279 g/mol. The molecule has 21 heavy (non-hydrogen) atoms. The van der Waals surface area contributed by atoms with Gasteiger partial charge in [0.1, 0.15) is 0 Å². The minimum Gasteiger partial charge on any atom is -0.338 e. The summed E-state index contributed by atoms with van der Waals surface area (Å²) in [6.45, 7) is 4.61. The highest BCUT2D eigenvalue weighted by atomic mass is 19.4. The highest BCUT2D eigenvalue weighted by Crippen LogP contribution is 2.29. The topological polar surface area (TPSA) is 20.3 Å². The van der Waals surface area contributed by atoms with E-state index in [4.69, 9.17) is 0 Å². The van der Waals surface area contributed by atoms with Gasteiger partial charge in [-0.25, -0.2) is 0 Å². The van der Waals surface area contributed by atoms with Gasteiger partial charge in [-0.15, -0.1) is 0 Å². The second kappa shape index (κ2) is 6.04. The SMILES string of the molecule is C=CC(=O)N1CCC(C#Cc2ccc(C(F)(F)F)cc2)C1. The number of alkyl halides is 3. The van der Waals surface area contributed by atoms with Crippen molar-refractivity contribution < 1.29 is 18.0 Å². The smallest absolute Gasteiger partial charge is 0.338 e. The molecule has 5 heteroatoms. The van der Waals surface area contributed by atoms with Crippen molar-refractivity contribution in [3.8, 4) is 11.8 Å². The number of hydrogen-bond acceptors (Lipinski definition) is 1. The number of halogens is 3. The summed E-state index contributed by atoms with van der Waals surface area (Å²) in [5, 5.41) is 0. The maximum Gasteiger partial charge on any atom is 0.416 e. The van der Waals surface area contributed by atoms with E-state index in [-0.39, 0.29) is 11.8 Å². The molecule has 1 saturated heterocycles. The summed E-state index contributed by atoms with van der Waals surface area (Å²) < 4.78 is 37.3. The van der Waals surface area contributed by atoms with Crippen molar-refractivity contribution in [3.05, 3.63) is 48.0 Å². The number of rotatable bonds is 1. The number of carbonyl (C=O) groups excluding carboxylic acids is 1. The average Bonchev–Trinajstić information content (AvgIpc) is 2.92. The lowest BCUT2D eigenvalue weighted by Gasteiger charge is -2.11. The lowest BCUT2D eigenvalue weighted by Crippen LogP contribution is -2.26. The third-order valence-corrected chi connectivity index (χ3v) is 3.31. The van der Waals surface area contributed by atoms with Crippen LogP contribution in [0.5, 0.6) is 0 Å². The zero-order chi connectivity index (χ0) is 15.5. The molecule has 0 saturated carbocycles. The number of amides is 1. The van der Waals surface area contributed by atoms with Gasteiger partial charge in [0.05, 0.1) is 5.56 Å². The van der Waals surface area contributed by atoms with Crippen molar-refractivity contribution in [2.24, 2.45) is 5.92 Å². The minimum absolute atomic E-state index is 0.0520. The van der Waals surface area contributed by atoms with Crippen molar-refractivity contribution in [2.45, 2.75) is 12.6 Å². The van der Waals surface area contributed by atoms with E-state index in [1.807, 2.05) is 0 Å². The summed E-state index contributed by atoms with van der Waals surface area (Å²) >= 11 is 0. The van der Waals surface area contributed by atoms with Gasteiger partial charge in [-0.2, -0.15) is 13.2 Å². The Labute approximate surface area is 121 Å². The monoisotopic (exact) mass is 293 g/mol. The van der Waals surface area contributed by atoms with Crippen LogP contribution in [0.1, 0.15) is 17.5 Å². The second-order valence-electron chi connectivity index (χ2n) is 4.82. The highest BCUT2D eigenvalue weighted by Gasteiger charge is 2.29. The molecule has 2 nitrogen and oxygen atoms in total. The van der Waals surface area contributed by atoms with Gasteiger partial charge in [0.25, 0.3) is 0 Å². The summed E-state index contributed by atoms with van der Waals surface area (Å²) in [4.78, 5) is 13.1. The average molecular weight is 293 g/mol. The van der Waals surface area contributed by atoms with Crippen molar-refractivity contribution in [1.29, 1.82) is 0 Å². The molecule has 110 valence electrons. The quantitative estimate of drug-likeness (QED) is 0.575.